The standard InChI is InChI=1S/C31H52O/c1-3-5-6-7-8-11-27-13-15-28(16-14-27)12-9-25-32-31-23-21-30(22-24-31)29-19-17-26(10-4-2)18-20-29/h21-24,26-29H,3-20,25H2,1-2H3/t26-,27-,28-,29-. The highest BCUT2D eigenvalue weighted by Crippen LogP contribution is 2.38. The van der Waals surface area contributed by atoms with E-state index in [1.54, 1.807) is 0 Å². The number of ether oxygens (including phenoxy) is 1. The highest BCUT2D eigenvalue weighted by atomic mass is 16.5. The lowest BCUT2D eigenvalue weighted by molar-refractivity contribution is 0.228. The third-order valence-electron chi connectivity index (χ3n) is 8.60. The van der Waals surface area contributed by atoms with Crippen molar-refractivity contribution in [2.24, 2.45) is 17.8 Å². The van der Waals surface area contributed by atoms with Gasteiger partial charge in [0.2, 0.25) is 0 Å². The summed E-state index contributed by atoms with van der Waals surface area (Å²) in [7, 11) is 0. The maximum absolute atomic E-state index is 6.09. The van der Waals surface area contributed by atoms with Crippen molar-refractivity contribution in [1.29, 1.82) is 0 Å². The van der Waals surface area contributed by atoms with Crippen LogP contribution in [-0.4, -0.2) is 6.61 Å². The minimum Gasteiger partial charge on any atom is -0.494 e. The molecule has 2 fully saturated rings. The van der Waals surface area contributed by atoms with E-state index < -0.39 is 0 Å². The zero-order valence-electron chi connectivity index (χ0n) is 21.5. The molecule has 0 spiro atoms. The summed E-state index contributed by atoms with van der Waals surface area (Å²) in [5.74, 6) is 4.83. The van der Waals surface area contributed by atoms with Gasteiger partial charge in [0, 0.05) is 0 Å². The normalized spacial score (nSPS) is 26.2. The molecule has 0 radical (unpaired) electrons. The lowest BCUT2D eigenvalue weighted by atomic mass is 9.77. The average Bonchev–Trinajstić information content (AvgIpc) is 2.84. The minimum absolute atomic E-state index is 0.781. The first kappa shape index (κ1) is 25.6. The van der Waals surface area contributed by atoms with Crippen LogP contribution in [0.2, 0.25) is 0 Å². The van der Waals surface area contributed by atoms with Crippen LogP contribution in [0.25, 0.3) is 0 Å². The topological polar surface area (TPSA) is 9.23 Å². The molecule has 3 rings (SSSR count). The largest absolute Gasteiger partial charge is 0.494 e. The molecule has 1 heteroatoms. The molecule has 2 aliphatic carbocycles. The molecule has 0 bridgehead atoms. The molecular weight excluding hydrogens is 388 g/mol. The average molecular weight is 441 g/mol. The molecule has 0 N–H and O–H groups in total. The molecule has 1 aromatic rings. The van der Waals surface area contributed by atoms with Crippen LogP contribution in [0.5, 0.6) is 5.75 Å². The first-order chi connectivity index (χ1) is 15.8. The highest BCUT2D eigenvalue weighted by molar-refractivity contribution is 5.29. The zero-order valence-corrected chi connectivity index (χ0v) is 21.5. The Hall–Kier alpha value is -0.980. The van der Waals surface area contributed by atoms with Gasteiger partial charge in [-0.3, -0.25) is 0 Å². The second-order valence-corrected chi connectivity index (χ2v) is 11.2. The van der Waals surface area contributed by atoms with Gasteiger partial charge in [-0.05, 0) is 79.9 Å². The lowest BCUT2D eigenvalue weighted by Crippen LogP contribution is -2.15. The van der Waals surface area contributed by atoms with Crippen molar-refractivity contribution in [3.63, 3.8) is 0 Å². The summed E-state index contributed by atoms with van der Waals surface area (Å²) in [4.78, 5) is 0. The van der Waals surface area contributed by atoms with Crippen molar-refractivity contribution in [3.05, 3.63) is 29.8 Å². The first-order valence-corrected chi connectivity index (χ1v) is 14.5. The third kappa shape index (κ3) is 9.11. The molecular formula is C31H52O. The molecule has 182 valence electrons. The second kappa shape index (κ2) is 15.0. The molecule has 32 heavy (non-hydrogen) atoms. The zero-order chi connectivity index (χ0) is 22.4. The Balaban J connectivity index is 1.24. The molecule has 0 atom stereocenters. The van der Waals surface area contributed by atoms with E-state index in [0.717, 1.165) is 36.0 Å². The smallest absolute Gasteiger partial charge is 0.119 e. The molecule has 1 nitrogen and oxygen atoms in total. The van der Waals surface area contributed by atoms with Crippen molar-refractivity contribution >= 4 is 0 Å². The Bertz CT molecular complexity index is 575. The quantitative estimate of drug-likeness (QED) is 0.261. The van der Waals surface area contributed by atoms with Crippen LogP contribution in [0.3, 0.4) is 0 Å². The Kier molecular flexibility index (Phi) is 12.0. The van der Waals surface area contributed by atoms with E-state index >= 15 is 0 Å². The number of hydrogen-bond acceptors (Lipinski definition) is 1. The minimum atomic E-state index is 0.781. The van der Waals surface area contributed by atoms with Gasteiger partial charge in [-0.25, -0.2) is 0 Å². The SMILES string of the molecule is CCCCCCC[C@H]1CC[C@H](CCCOc2ccc([C@H]3CC[C@H](CCC)CC3)cc2)CC1. The molecule has 1 aromatic carbocycles. The molecule has 0 heterocycles. The van der Waals surface area contributed by atoms with Crippen molar-refractivity contribution in [2.75, 3.05) is 6.61 Å². The Labute approximate surface area is 200 Å². The maximum atomic E-state index is 6.09. The fourth-order valence-corrected chi connectivity index (χ4v) is 6.44. The van der Waals surface area contributed by atoms with E-state index in [2.05, 4.69) is 38.1 Å². The number of unbranched alkanes of at least 4 members (excludes halogenated alkanes) is 4. The van der Waals surface area contributed by atoms with E-state index in [1.807, 2.05) is 0 Å². The lowest BCUT2D eigenvalue weighted by Gasteiger charge is -2.29. The second-order valence-electron chi connectivity index (χ2n) is 11.2. The van der Waals surface area contributed by atoms with Crippen molar-refractivity contribution in [2.45, 2.75) is 135 Å². The molecule has 0 saturated heterocycles. The molecule has 0 unspecified atom stereocenters. The van der Waals surface area contributed by atoms with Gasteiger partial charge in [-0.15, -0.1) is 0 Å². The third-order valence-corrected chi connectivity index (χ3v) is 8.60. The van der Waals surface area contributed by atoms with Gasteiger partial charge < -0.3 is 4.74 Å². The molecule has 0 aliphatic heterocycles. The van der Waals surface area contributed by atoms with Gasteiger partial charge in [0.15, 0.2) is 0 Å². The predicted molar refractivity (Wildman–Crippen MR) is 140 cm³/mol. The van der Waals surface area contributed by atoms with Gasteiger partial charge in [0.25, 0.3) is 0 Å². The summed E-state index contributed by atoms with van der Waals surface area (Å²) < 4.78 is 6.09. The van der Waals surface area contributed by atoms with Crippen LogP contribution in [0.4, 0.5) is 0 Å². The van der Waals surface area contributed by atoms with Gasteiger partial charge in [-0.1, -0.05) is 103 Å². The highest BCUT2D eigenvalue weighted by Gasteiger charge is 2.22. The van der Waals surface area contributed by atoms with Gasteiger partial charge in [0.05, 0.1) is 6.61 Å². The van der Waals surface area contributed by atoms with E-state index in [4.69, 9.17) is 4.74 Å². The summed E-state index contributed by atoms with van der Waals surface area (Å²) in [5, 5.41) is 0. The molecule has 0 aromatic heterocycles. The fourth-order valence-electron chi connectivity index (χ4n) is 6.44. The summed E-state index contributed by atoms with van der Waals surface area (Å²) in [6.07, 6.45) is 25.6. The van der Waals surface area contributed by atoms with Gasteiger partial charge in [-0.2, -0.15) is 0 Å². The van der Waals surface area contributed by atoms with Crippen molar-refractivity contribution in [1.82, 2.24) is 0 Å². The van der Waals surface area contributed by atoms with E-state index in [0.29, 0.717) is 0 Å². The Morgan fingerprint density at radius 2 is 1.16 bits per heavy atom. The van der Waals surface area contributed by atoms with Crippen LogP contribution < -0.4 is 4.74 Å². The maximum Gasteiger partial charge on any atom is 0.119 e. The number of benzene rings is 1. The predicted octanol–water partition coefficient (Wildman–Crippen LogP) is 10.1. The van der Waals surface area contributed by atoms with Gasteiger partial charge in [0.1, 0.15) is 5.75 Å². The molecule has 0 amide bonds. The van der Waals surface area contributed by atoms with Crippen LogP contribution >= 0.6 is 0 Å². The van der Waals surface area contributed by atoms with Crippen molar-refractivity contribution < 1.29 is 4.74 Å². The molecule has 2 aliphatic rings. The van der Waals surface area contributed by atoms with Crippen LogP contribution in [0.1, 0.15) is 141 Å². The Morgan fingerprint density at radius 1 is 0.594 bits per heavy atom. The first-order valence-electron chi connectivity index (χ1n) is 14.5. The van der Waals surface area contributed by atoms with Crippen molar-refractivity contribution in [3.8, 4) is 5.75 Å². The summed E-state index contributed by atoms with van der Waals surface area (Å²) in [6, 6.07) is 9.12. The van der Waals surface area contributed by atoms with Gasteiger partial charge >= 0.3 is 0 Å². The summed E-state index contributed by atoms with van der Waals surface area (Å²) in [6.45, 7) is 5.52. The summed E-state index contributed by atoms with van der Waals surface area (Å²) in [5.41, 5.74) is 1.54. The van der Waals surface area contributed by atoms with E-state index in [1.165, 1.54) is 121 Å². The number of rotatable bonds is 14. The van der Waals surface area contributed by atoms with Crippen LogP contribution in [0, 0.1) is 17.8 Å². The summed E-state index contributed by atoms with van der Waals surface area (Å²) >= 11 is 0. The monoisotopic (exact) mass is 440 g/mol. The fraction of sp³-hybridized carbons (Fsp3) is 0.806. The Morgan fingerprint density at radius 3 is 1.78 bits per heavy atom. The van der Waals surface area contributed by atoms with Crippen LogP contribution in [0.15, 0.2) is 24.3 Å². The van der Waals surface area contributed by atoms with E-state index in [9.17, 15) is 0 Å². The van der Waals surface area contributed by atoms with E-state index in [-0.39, 0.29) is 0 Å². The number of hydrogen-bond donors (Lipinski definition) is 0. The molecule has 2 saturated carbocycles. The van der Waals surface area contributed by atoms with Crippen LogP contribution in [-0.2, 0) is 0 Å².